The van der Waals surface area contributed by atoms with Crippen LogP contribution in [-0.2, 0) is 32.2 Å². The van der Waals surface area contributed by atoms with E-state index in [-0.39, 0.29) is 42.0 Å². The number of ether oxygens (including phenoxy) is 3. The topological polar surface area (TPSA) is 165 Å². The smallest absolute Gasteiger partial charge is 0.386 e. The molecule has 0 radical (unpaired) electrons. The second-order valence-corrected chi connectivity index (χ2v) is 20.3. The number of rotatable bonds is 13. The molecule has 284 valence electrons. The van der Waals surface area contributed by atoms with Crippen molar-refractivity contribution in [3.05, 3.63) is 113 Å². The first-order valence-electron chi connectivity index (χ1n) is 17.9. The minimum absolute atomic E-state index is 0.0182. The molecule has 14 nitrogen and oxygen atoms in total. The molecule has 2 saturated heterocycles. The Morgan fingerprint density at radius 3 is 2.04 bits per heavy atom. The van der Waals surface area contributed by atoms with Gasteiger partial charge in [0.25, 0.3) is 25.8 Å². The molecule has 0 unspecified atom stereocenters. The van der Waals surface area contributed by atoms with Crippen molar-refractivity contribution < 1.29 is 37.0 Å². The molecule has 0 spiro atoms. The number of carbonyl (C=O) groups is 1. The number of nitrogens with one attached hydrogen (secondary N) is 2. The molecule has 2 aliphatic heterocycles. The molecule has 2 N–H and O–H groups in total. The van der Waals surface area contributed by atoms with Crippen molar-refractivity contribution in [1.82, 2.24) is 19.5 Å². The first-order chi connectivity index (χ1) is 26.0. The Labute approximate surface area is 313 Å². The number of amides is 1. The number of fused-ring (bicyclic) bond motifs is 2. The van der Waals surface area contributed by atoms with Crippen molar-refractivity contribution >= 4 is 49.3 Å². The standard InChI is InChI=1S/C38H44N5O9PSi/c1-6-47-53(46,48-7-2)37-51-30-28(23-49-54(38(3,4)5,26-19-13-9-14-20-26)27-21-15-10-16-22-27)50-35(31(30)52-37)43-24-39-29-32(43)40-36(42-34(29)45)41-33(44)25-17-11-8-12-18-25/h8-22,24,28,30-31,35,37H,6-7,23H2,1-5H3,(H2,40,41,42,44,45)/t28-,30-,31-,35-,37+/m1/s1. The highest BCUT2D eigenvalue weighted by atomic mass is 31.2. The van der Waals surface area contributed by atoms with Gasteiger partial charge in [-0.2, -0.15) is 4.98 Å². The minimum Gasteiger partial charge on any atom is -0.405 e. The van der Waals surface area contributed by atoms with Gasteiger partial charge in [0.05, 0.1) is 26.1 Å². The molecule has 1 amide bonds. The van der Waals surface area contributed by atoms with Crippen LogP contribution in [0.1, 0.15) is 51.2 Å². The fraction of sp³-hybridized carbons (Fsp3) is 0.368. The number of H-pyrrole nitrogens is 1. The average Bonchev–Trinajstić information content (AvgIpc) is 3.88. The lowest BCUT2D eigenvalue weighted by atomic mass is 10.1. The number of carbonyl (C=O) groups excluding carboxylic acids is 1. The van der Waals surface area contributed by atoms with Gasteiger partial charge in [0, 0.05) is 5.56 Å². The summed E-state index contributed by atoms with van der Waals surface area (Å²) in [5.41, 5.74) is -0.0363. The molecule has 0 bridgehead atoms. The number of hydrogen-bond acceptors (Lipinski definition) is 11. The molecular formula is C38H44N5O9PSi. The van der Waals surface area contributed by atoms with Crippen LogP contribution in [0.4, 0.5) is 5.95 Å². The van der Waals surface area contributed by atoms with Crippen molar-refractivity contribution in [2.45, 2.75) is 70.2 Å². The molecule has 2 aliphatic rings. The van der Waals surface area contributed by atoms with E-state index in [9.17, 15) is 14.2 Å². The second kappa shape index (κ2) is 15.4. The van der Waals surface area contributed by atoms with Gasteiger partial charge in [-0.05, 0) is 41.4 Å². The lowest BCUT2D eigenvalue weighted by Gasteiger charge is -2.43. The molecule has 4 heterocycles. The summed E-state index contributed by atoms with van der Waals surface area (Å²) in [7, 11) is -6.94. The zero-order chi connectivity index (χ0) is 38.1. The van der Waals surface area contributed by atoms with E-state index >= 15 is 0 Å². The van der Waals surface area contributed by atoms with E-state index in [2.05, 4.69) is 65.3 Å². The van der Waals surface area contributed by atoms with E-state index in [0.717, 1.165) is 10.4 Å². The molecule has 54 heavy (non-hydrogen) atoms. The zero-order valence-electron chi connectivity index (χ0n) is 30.7. The summed E-state index contributed by atoms with van der Waals surface area (Å²) in [4.78, 5) is 37.7. The number of benzene rings is 3. The molecule has 16 heteroatoms. The quantitative estimate of drug-likeness (QED) is 0.120. The van der Waals surface area contributed by atoms with Crippen molar-refractivity contribution in [3.8, 4) is 0 Å². The molecule has 3 aromatic carbocycles. The summed E-state index contributed by atoms with van der Waals surface area (Å²) in [5, 5.41) is 4.51. The van der Waals surface area contributed by atoms with Gasteiger partial charge in [-0.15, -0.1) is 0 Å². The third-order valence-electron chi connectivity index (χ3n) is 9.56. The van der Waals surface area contributed by atoms with Crippen LogP contribution in [0.5, 0.6) is 0 Å². The zero-order valence-corrected chi connectivity index (χ0v) is 32.6. The van der Waals surface area contributed by atoms with Gasteiger partial charge in [0.2, 0.25) is 5.95 Å². The summed E-state index contributed by atoms with van der Waals surface area (Å²) in [5.74, 6) is -0.539. The summed E-state index contributed by atoms with van der Waals surface area (Å²) < 4.78 is 53.6. The normalized spacial score (nSPS) is 21.7. The molecule has 5 atom stereocenters. The van der Waals surface area contributed by atoms with E-state index in [1.54, 1.807) is 48.7 Å². The third-order valence-corrected chi connectivity index (χ3v) is 16.6. The van der Waals surface area contributed by atoms with Gasteiger partial charge in [-0.3, -0.25) is 29.0 Å². The number of nitrogens with zero attached hydrogens (tertiary/aromatic N) is 3. The number of hydrogen-bond donors (Lipinski definition) is 2. The first kappa shape index (κ1) is 38.0. The van der Waals surface area contributed by atoms with Crippen molar-refractivity contribution in [1.29, 1.82) is 0 Å². The molecule has 7 rings (SSSR count). The lowest BCUT2D eigenvalue weighted by molar-refractivity contribution is -0.128. The number of aromatic amines is 1. The van der Waals surface area contributed by atoms with E-state index in [1.807, 2.05) is 36.4 Å². The number of aromatic nitrogens is 4. The van der Waals surface area contributed by atoms with Crippen LogP contribution in [0.25, 0.3) is 11.2 Å². The van der Waals surface area contributed by atoms with E-state index in [4.69, 9.17) is 27.7 Å². The monoisotopic (exact) mass is 773 g/mol. The van der Waals surface area contributed by atoms with Crippen LogP contribution in [0.3, 0.4) is 0 Å². The third kappa shape index (κ3) is 7.02. The van der Waals surface area contributed by atoms with E-state index in [1.165, 1.54) is 6.33 Å². The van der Waals surface area contributed by atoms with Gasteiger partial charge in [-0.1, -0.05) is 99.6 Å². The Kier molecular flexibility index (Phi) is 10.9. The first-order valence-corrected chi connectivity index (χ1v) is 21.4. The molecule has 2 aromatic heterocycles. The minimum atomic E-state index is -3.91. The Balaban J connectivity index is 1.27. The molecule has 0 saturated carbocycles. The SMILES string of the molecule is CCOP(=O)(OCC)[C@@H]1O[C@@H]2[C@H](O1)[C@@H](CO[Si](c1ccccc1)(c1ccccc1)C(C)(C)C)O[C@H]2n1cnc2c(=O)[nH]c(NC(=O)c3ccccc3)nc21. The van der Waals surface area contributed by atoms with Crippen LogP contribution in [-0.4, -0.2) is 77.9 Å². The lowest BCUT2D eigenvalue weighted by Crippen LogP contribution is -2.67. The fourth-order valence-electron chi connectivity index (χ4n) is 7.25. The van der Waals surface area contributed by atoms with Crippen LogP contribution >= 0.6 is 7.60 Å². The van der Waals surface area contributed by atoms with Crippen LogP contribution < -0.4 is 21.2 Å². The summed E-state index contributed by atoms with van der Waals surface area (Å²) in [6.45, 7) is 10.3. The maximum absolute atomic E-state index is 14.0. The maximum Gasteiger partial charge on any atom is 0.386 e. The van der Waals surface area contributed by atoms with Gasteiger partial charge in [-0.25, -0.2) is 4.98 Å². The number of anilines is 1. The van der Waals surface area contributed by atoms with E-state index in [0.29, 0.717) is 5.56 Å². The molecule has 2 fully saturated rings. The Morgan fingerprint density at radius 2 is 1.46 bits per heavy atom. The highest BCUT2D eigenvalue weighted by Crippen LogP contribution is 2.59. The second-order valence-electron chi connectivity index (χ2n) is 14.0. The predicted octanol–water partition coefficient (Wildman–Crippen LogP) is 5.18. The molecule has 5 aromatic rings. The fourth-order valence-corrected chi connectivity index (χ4v) is 13.4. The predicted molar refractivity (Wildman–Crippen MR) is 204 cm³/mol. The van der Waals surface area contributed by atoms with Crippen molar-refractivity contribution in [2.24, 2.45) is 0 Å². The van der Waals surface area contributed by atoms with Gasteiger partial charge < -0.3 is 27.7 Å². The summed E-state index contributed by atoms with van der Waals surface area (Å²) >= 11 is 0. The Morgan fingerprint density at radius 1 is 0.889 bits per heavy atom. The Hall–Kier alpha value is -4.31. The highest BCUT2D eigenvalue weighted by Gasteiger charge is 2.60. The number of imidazole rings is 1. The van der Waals surface area contributed by atoms with Crippen molar-refractivity contribution in [3.63, 3.8) is 0 Å². The van der Waals surface area contributed by atoms with Crippen LogP contribution in [0.15, 0.2) is 102 Å². The van der Waals surface area contributed by atoms with Gasteiger partial charge >= 0.3 is 7.60 Å². The average molecular weight is 774 g/mol. The van der Waals surface area contributed by atoms with Crippen LogP contribution in [0.2, 0.25) is 5.04 Å². The van der Waals surface area contributed by atoms with Crippen LogP contribution in [0, 0.1) is 0 Å². The van der Waals surface area contributed by atoms with E-state index < -0.39 is 58.0 Å². The van der Waals surface area contributed by atoms with Crippen molar-refractivity contribution in [2.75, 3.05) is 25.1 Å². The maximum atomic E-state index is 14.0. The molecule has 0 aliphatic carbocycles. The Bertz CT molecular complexity index is 2130. The molecular weight excluding hydrogens is 730 g/mol. The van der Waals surface area contributed by atoms with Gasteiger partial charge in [0.1, 0.15) is 18.3 Å². The largest absolute Gasteiger partial charge is 0.405 e. The summed E-state index contributed by atoms with van der Waals surface area (Å²) in [6.07, 6.45) is -1.98. The highest BCUT2D eigenvalue weighted by molar-refractivity contribution is 7.54. The van der Waals surface area contributed by atoms with Gasteiger partial charge in [0.15, 0.2) is 17.4 Å². The summed E-state index contributed by atoms with van der Waals surface area (Å²) in [6, 6.07) is 27.6.